The average Bonchev–Trinajstić information content (AvgIpc) is 3.29. The van der Waals surface area contributed by atoms with E-state index in [9.17, 15) is 14.7 Å². The molecule has 2 aromatic heterocycles. The van der Waals surface area contributed by atoms with E-state index in [-0.39, 0.29) is 12.3 Å². The van der Waals surface area contributed by atoms with Crippen LogP contribution in [0.4, 0.5) is 0 Å². The van der Waals surface area contributed by atoms with Crippen molar-refractivity contribution in [3.05, 3.63) is 23.4 Å². The van der Waals surface area contributed by atoms with Crippen LogP contribution >= 0.6 is 23.1 Å². The molecule has 2 N–H and O–H groups in total. The van der Waals surface area contributed by atoms with Gasteiger partial charge in [0.15, 0.2) is 0 Å². The van der Waals surface area contributed by atoms with E-state index < -0.39 is 11.5 Å². The molecule has 0 radical (unpaired) electrons. The molecule has 0 aromatic carbocycles. The number of hydrogen-bond acceptors (Lipinski definition) is 7. The number of aliphatic carboxylic acids is 1. The minimum Gasteiger partial charge on any atom is -0.479 e. The van der Waals surface area contributed by atoms with Crippen LogP contribution in [0.2, 0.25) is 0 Å². The van der Waals surface area contributed by atoms with Gasteiger partial charge >= 0.3 is 5.97 Å². The number of amides is 1. The summed E-state index contributed by atoms with van der Waals surface area (Å²) in [6, 6.07) is 3.83. The number of carbonyl (C=O) groups excluding carboxylic acids is 1. The van der Waals surface area contributed by atoms with Gasteiger partial charge in [0.25, 0.3) is 0 Å². The van der Waals surface area contributed by atoms with Crippen molar-refractivity contribution in [2.24, 2.45) is 0 Å². The number of carbonyl (C=O) groups is 2. The van der Waals surface area contributed by atoms with E-state index in [1.807, 2.05) is 17.5 Å². The molecule has 24 heavy (non-hydrogen) atoms. The molecular weight excluding hydrogens is 350 g/mol. The number of hydrogen-bond donors (Lipinski definition) is 2. The quantitative estimate of drug-likeness (QED) is 0.773. The number of rotatable bonds is 7. The molecule has 0 saturated carbocycles. The lowest BCUT2D eigenvalue weighted by Gasteiger charge is -2.24. The Morgan fingerprint density at radius 3 is 3.00 bits per heavy atom. The summed E-state index contributed by atoms with van der Waals surface area (Å²) in [5, 5.41) is 17.9. The summed E-state index contributed by atoms with van der Waals surface area (Å²) in [4.78, 5) is 28.7. The normalized spacial score (nSPS) is 20.2. The molecule has 2 aromatic rings. The van der Waals surface area contributed by atoms with Crippen LogP contribution in [0.5, 0.6) is 0 Å². The van der Waals surface area contributed by atoms with Crippen molar-refractivity contribution >= 4 is 35.0 Å². The molecule has 3 heterocycles. The van der Waals surface area contributed by atoms with E-state index in [4.69, 9.17) is 4.52 Å². The standard InChI is InChI=1S/C15H17N3O4S2/c19-11(17-15(14(20)21)6-8-23-9-15)4-1-5-12-16-13(18-22-12)10-3-2-7-24-10/h2-3,7H,1,4-6,8-9H2,(H,17,19)(H,20,21). The first-order chi connectivity index (χ1) is 11.6. The Hall–Kier alpha value is -1.87. The Labute approximate surface area is 146 Å². The Morgan fingerprint density at radius 1 is 1.46 bits per heavy atom. The van der Waals surface area contributed by atoms with Crippen LogP contribution in [-0.2, 0) is 16.0 Å². The molecule has 0 bridgehead atoms. The number of carboxylic acid groups (broad SMARTS) is 1. The molecular formula is C15H17N3O4S2. The van der Waals surface area contributed by atoms with Gasteiger partial charge in [0.2, 0.25) is 17.6 Å². The van der Waals surface area contributed by atoms with Crippen LogP contribution in [0.15, 0.2) is 22.0 Å². The van der Waals surface area contributed by atoms with Gasteiger partial charge in [0.1, 0.15) is 5.54 Å². The van der Waals surface area contributed by atoms with Gasteiger partial charge in [-0.1, -0.05) is 11.2 Å². The molecule has 128 valence electrons. The van der Waals surface area contributed by atoms with E-state index in [1.54, 1.807) is 11.8 Å². The molecule has 1 unspecified atom stereocenters. The minimum absolute atomic E-state index is 0.233. The number of nitrogens with one attached hydrogen (secondary N) is 1. The van der Waals surface area contributed by atoms with E-state index in [1.165, 1.54) is 11.3 Å². The number of carboxylic acids is 1. The third-order valence-electron chi connectivity index (χ3n) is 3.81. The zero-order valence-electron chi connectivity index (χ0n) is 12.9. The zero-order valence-corrected chi connectivity index (χ0v) is 14.5. The largest absolute Gasteiger partial charge is 0.479 e. The van der Waals surface area contributed by atoms with Crippen molar-refractivity contribution in [1.82, 2.24) is 15.5 Å². The van der Waals surface area contributed by atoms with E-state index in [2.05, 4.69) is 15.5 Å². The van der Waals surface area contributed by atoms with Crippen LogP contribution in [0.3, 0.4) is 0 Å². The van der Waals surface area contributed by atoms with Crippen LogP contribution in [-0.4, -0.2) is 44.2 Å². The van der Waals surface area contributed by atoms with Gasteiger partial charge in [-0.25, -0.2) is 4.79 Å². The monoisotopic (exact) mass is 367 g/mol. The molecule has 1 fully saturated rings. The number of thiophene rings is 1. The first-order valence-electron chi connectivity index (χ1n) is 7.58. The molecule has 9 heteroatoms. The van der Waals surface area contributed by atoms with Crippen molar-refractivity contribution in [1.29, 1.82) is 0 Å². The molecule has 1 aliphatic rings. The van der Waals surface area contributed by atoms with Crippen molar-refractivity contribution in [3.63, 3.8) is 0 Å². The maximum absolute atomic E-state index is 12.0. The van der Waals surface area contributed by atoms with Gasteiger partial charge in [-0.2, -0.15) is 16.7 Å². The number of aromatic nitrogens is 2. The Morgan fingerprint density at radius 2 is 2.33 bits per heavy atom. The number of nitrogens with zero attached hydrogens (tertiary/aromatic N) is 2. The predicted octanol–water partition coefficient (Wildman–Crippen LogP) is 2.20. The Balaban J connectivity index is 1.48. The average molecular weight is 367 g/mol. The lowest BCUT2D eigenvalue weighted by Crippen LogP contribution is -2.54. The predicted molar refractivity (Wildman–Crippen MR) is 91.0 cm³/mol. The molecule has 0 aliphatic carbocycles. The van der Waals surface area contributed by atoms with Crippen molar-refractivity contribution in [2.75, 3.05) is 11.5 Å². The molecule has 1 atom stereocenters. The highest BCUT2D eigenvalue weighted by Crippen LogP contribution is 2.28. The Kier molecular flexibility index (Phi) is 5.20. The summed E-state index contributed by atoms with van der Waals surface area (Å²) in [5.74, 6) is 0.992. The second-order valence-corrected chi connectivity index (χ2v) is 7.63. The van der Waals surface area contributed by atoms with Crippen molar-refractivity contribution in [3.8, 4) is 10.7 Å². The summed E-state index contributed by atoms with van der Waals surface area (Å²) >= 11 is 3.08. The second-order valence-electron chi connectivity index (χ2n) is 5.58. The van der Waals surface area contributed by atoms with Crippen LogP contribution in [0.1, 0.15) is 25.2 Å². The topological polar surface area (TPSA) is 105 Å². The van der Waals surface area contributed by atoms with Gasteiger partial charge in [0.05, 0.1) is 4.88 Å². The molecule has 0 spiro atoms. The SMILES string of the molecule is O=C(CCCc1nc(-c2cccs2)no1)NC1(C(=O)O)CCSC1. The van der Waals surface area contributed by atoms with Gasteiger partial charge in [-0.3, -0.25) is 4.79 Å². The summed E-state index contributed by atoms with van der Waals surface area (Å²) in [5.41, 5.74) is -1.11. The fraction of sp³-hybridized carbons (Fsp3) is 0.467. The first kappa shape index (κ1) is 17.0. The summed E-state index contributed by atoms with van der Waals surface area (Å²) in [6.45, 7) is 0. The summed E-state index contributed by atoms with van der Waals surface area (Å²) in [6.07, 6.45) is 1.71. The number of aryl methyl sites for hydroxylation is 1. The molecule has 7 nitrogen and oxygen atoms in total. The molecule has 3 rings (SSSR count). The third kappa shape index (κ3) is 3.78. The summed E-state index contributed by atoms with van der Waals surface area (Å²) < 4.78 is 5.18. The van der Waals surface area contributed by atoms with E-state index in [0.717, 1.165) is 10.6 Å². The smallest absolute Gasteiger partial charge is 0.330 e. The van der Waals surface area contributed by atoms with E-state index in [0.29, 0.717) is 36.7 Å². The fourth-order valence-electron chi connectivity index (χ4n) is 2.48. The minimum atomic E-state index is -1.11. The molecule has 1 amide bonds. The van der Waals surface area contributed by atoms with Gasteiger partial charge in [0, 0.05) is 18.6 Å². The van der Waals surface area contributed by atoms with Crippen LogP contribution in [0, 0.1) is 0 Å². The highest BCUT2D eigenvalue weighted by molar-refractivity contribution is 7.99. The van der Waals surface area contributed by atoms with Crippen molar-refractivity contribution in [2.45, 2.75) is 31.2 Å². The third-order valence-corrected chi connectivity index (χ3v) is 5.87. The Bertz CT molecular complexity index is 708. The zero-order chi connectivity index (χ0) is 17.0. The van der Waals surface area contributed by atoms with Crippen LogP contribution < -0.4 is 5.32 Å². The van der Waals surface area contributed by atoms with Crippen LogP contribution in [0.25, 0.3) is 10.7 Å². The maximum Gasteiger partial charge on any atom is 0.330 e. The molecule has 1 aliphatic heterocycles. The highest BCUT2D eigenvalue weighted by Gasteiger charge is 2.43. The fourth-order valence-corrected chi connectivity index (χ4v) is 4.45. The van der Waals surface area contributed by atoms with Gasteiger partial charge in [-0.15, -0.1) is 11.3 Å². The van der Waals surface area contributed by atoms with Gasteiger partial charge in [-0.05, 0) is 30.0 Å². The van der Waals surface area contributed by atoms with Crippen molar-refractivity contribution < 1.29 is 19.2 Å². The number of thioether (sulfide) groups is 1. The lowest BCUT2D eigenvalue weighted by atomic mass is 9.99. The maximum atomic E-state index is 12.0. The second kappa shape index (κ2) is 7.35. The van der Waals surface area contributed by atoms with E-state index >= 15 is 0 Å². The van der Waals surface area contributed by atoms with Gasteiger partial charge < -0.3 is 14.9 Å². The summed E-state index contributed by atoms with van der Waals surface area (Å²) in [7, 11) is 0. The highest BCUT2D eigenvalue weighted by atomic mass is 32.2. The first-order valence-corrected chi connectivity index (χ1v) is 9.61. The molecule has 1 saturated heterocycles. The lowest BCUT2D eigenvalue weighted by molar-refractivity contribution is -0.146.